The van der Waals surface area contributed by atoms with E-state index in [2.05, 4.69) is 25.9 Å². The van der Waals surface area contributed by atoms with Crippen LogP contribution in [0.2, 0.25) is 10.3 Å². The second kappa shape index (κ2) is 5.83. The summed E-state index contributed by atoms with van der Waals surface area (Å²) in [6.45, 7) is 1.44. The fourth-order valence-electron chi connectivity index (χ4n) is 2.48. The molecule has 1 unspecified atom stereocenters. The number of rotatable bonds is 2. The number of aromatic nitrogens is 2. The van der Waals surface area contributed by atoms with E-state index in [1.807, 2.05) is 4.90 Å². The highest BCUT2D eigenvalue weighted by Gasteiger charge is 2.26. The molecular weight excluding hydrogens is 384 g/mol. The summed E-state index contributed by atoms with van der Waals surface area (Å²) in [5, 5.41) is 0.822. The van der Waals surface area contributed by atoms with Crippen LogP contribution in [0.15, 0.2) is 10.5 Å². The Balaban J connectivity index is 2.18. The summed E-state index contributed by atoms with van der Waals surface area (Å²) in [6, 6.07) is 1.65. The third kappa shape index (κ3) is 2.70. The van der Waals surface area contributed by atoms with Crippen LogP contribution in [0.25, 0.3) is 10.9 Å². The van der Waals surface area contributed by atoms with Gasteiger partial charge in [-0.3, -0.25) is 0 Å². The Hall–Kier alpha value is -0.690. The minimum absolute atomic E-state index is 0.00601. The van der Waals surface area contributed by atoms with Gasteiger partial charge in [0, 0.05) is 25.6 Å². The topological polar surface area (TPSA) is 38.2 Å². The Morgan fingerprint density at radius 2 is 2.19 bits per heavy atom. The highest BCUT2D eigenvalue weighted by Crippen LogP contribution is 2.36. The molecule has 0 radical (unpaired) electrons. The second-order valence-electron chi connectivity index (χ2n) is 4.79. The van der Waals surface area contributed by atoms with Crippen molar-refractivity contribution in [3.8, 4) is 0 Å². The first kappa shape index (κ1) is 15.2. The fraction of sp³-hybridized carbons (Fsp3) is 0.385. The van der Waals surface area contributed by atoms with Gasteiger partial charge in [-0.25, -0.2) is 9.37 Å². The zero-order chi connectivity index (χ0) is 15.1. The average molecular weight is 395 g/mol. The number of benzene rings is 1. The molecule has 112 valence electrons. The molecule has 1 atom stereocenters. The predicted octanol–water partition coefficient (Wildman–Crippen LogP) is 4.06. The Morgan fingerprint density at radius 1 is 1.43 bits per heavy atom. The lowest BCUT2D eigenvalue weighted by atomic mass is 10.2. The van der Waals surface area contributed by atoms with Crippen LogP contribution in [-0.4, -0.2) is 36.3 Å². The third-order valence-corrected chi connectivity index (χ3v) is 5.03. The van der Waals surface area contributed by atoms with E-state index in [-0.39, 0.29) is 26.4 Å². The first-order valence-electron chi connectivity index (χ1n) is 6.29. The van der Waals surface area contributed by atoms with Gasteiger partial charge in [-0.15, -0.1) is 0 Å². The van der Waals surface area contributed by atoms with Crippen molar-refractivity contribution >= 4 is 55.9 Å². The van der Waals surface area contributed by atoms with Crippen molar-refractivity contribution < 1.29 is 9.13 Å². The summed E-state index contributed by atoms with van der Waals surface area (Å²) >= 11 is 15.1. The molecule has 1 saturated heterocycles. The first-order valence-corrected chi connectivity index (χ1v) is 7.84. The molecule has 0 spiro atoms. The highest BCUT2D eigenvalue weighted by atomic mass is 79.9. The van der Waals surface area contributed by atoms with Crippen molar-refractivity contribution in [2.45, 2.75) is 12.5 Å². The molecule has 0 bridgehead atoms. The number of nitrogens with zero attached hydrogens (tertiary/aromatic N) is 3. The summed E-state index contributed by atoms with van der Waals surface area (Å²) in [4.78, 5) is 10.2. The maximum absolute atomic E-state index is 14.3. The largest absolute Gasteiger partial charge is 0.380 e. The Labute approximate surface area is 139 Å². The monoisotopic (exact) mass is 393 g/mol. The summed E-state index contributed by atoms with van der Waals surface area (Å²) in [5.41, 5.74) is 0.155. The van der Waals surface area contributed by atoms with E-state index in [4.69, 9.17) is 27.9 Å². The molecular formula is C13H11BrCl2FN3O. The number of ether oxygens (including phenoxy) is 1. The van der Waals surface area contributed by atoms with E-state index < -0.39 is 5.82 Å². The van der Waals surface area contributed by atoms with E-state index in [9.17, 15) is 4.39 Å². The molecule has 8 heteroatoms. The summed E-state index contributed by atoms with van der Waals surface area (Å²) in [5.74, 6) is 0.0448. The van der Waals surface area contributed by atoms with Crippen LogP contribution < -0.4 is 4.90 Å². The molecule has 21 heavy (non-hydrogen) atoms. The lowest BCUT2D eigenvalue weighted by Gasteiger charge is -2.19. The van der Waals surface area contributed by atoms with Crippen LogP contribution in [0.1, 0.15) is 6.42 Å². The standard InChI is InChI=1S/C13H11BrCl2FN3O/c1-21-6-2-3-20(5-6)12-7-4-8(15)9(14)10(17)11(7)18-13(16)19-12/h4,6H,2-3,5H2,1H3. The molecule has 0 aliphatic carbocycles. The maximum Gasteiger partial charge on any atom is 0.225 e. The summed E-state index contributed by atoms with van der Waals surface area (Å²) in [6.07, 6.45) is 1.01. The smallest absolute Gasteiger partial charge is 0.225 e. The lowest BCUT2D eigenvalue weighted by Crippen LogP contribution is -2.23. The fourth-order valence-corrected chi connectivity index (χ4v) is 3.14. The molecule has 0 amide bonds. The third-order valence-electron chi connectivity index (χ3n) is 3.56. The van der Waals surface area contributed by atoms with Crippen LogP contribution in [0, 0.1) is 5.82 Å². The molecule has 1 fully saturated rings. The highest BCUT2D eigenvalue weighted by molar-refractivity contribution is 9.10. The van der Waals surface area contributed by atoms with Gasteiger partial charge in [-0.05, 0) is 40.0 Å². The van der Waals surface area contributed by atoms with Gasteiger partial charge in [0.25, 0.3) is 0 Å². The van der Waals surface area contributed by atoms with Crippen LogP contribution in [-0.2, 0) is 4.74 Å². The SMILES string of the molecule is COC1CCN(c2nc(Cl)nc3c(F)c(Br)c(Cl)cc23)C1. The van der Waals surface area contributed by atoms with Gasteiger partial charge >= 0.3 is 0 Å². The Bertz CT molecular complexity index is 716. The number of fused-ring (bicyclic) bond motifs is 1. The Kier molecular flexibility index (Phi) is 4.23. The van der Waals surface area contributed by atoms with Crippen LogP contribution >= 0.6 is 39.1 Å². The van der Waals surface area contributed by atoms with Gasteiger partial charge in [0.2, 0.25) is 5.28 Å². The van der Waals surface area contributed by atoms with Crippen LogP contribution in [0.5, 0.6) is 0 Å². The summed E-state index contributed by atoms with van der Waals surface area (Å²) < 4.78 is 19.8. The molecule has 1 aliphatic rings. The van der Waals surface area contributed by atoms with E-state index in [0.29, 0.717) is 17.7 Å². The van der Waals surface area contributed by atoms with Crippen LogP contribution in [0.4, 0.5) is 10.2 Å². The molecule has 4 nitrogen and oxygen atoms in total. The summed E-state index contributed by atoms with van der Waals surface area (Å²) in [7, 11) is 1.67. The van der Waals surface area contributed by atoms with Crippen molar-refractivity contribution in [3.63, 3.8) is 0 Å². The van der Waals surface area contributed by atoms with E-state index in [1.54, 1.807) is 13.2 Å². The van der Waals surface area contributed by atoms with Gasteiger partial charge < -0.3 is 9.64 Å². The molecule has 2 heterocycles. The molecule has 1 aromatic heterocycles. The Morgan fingerprint density at radius 3 is 2.86 bits per heavy atom. The van der Waals surface area contributed by atoms with Gasteiger partial charge in [0.1, 0.15) is 11.3 Å². The molecule has 2 aromatic rings. The quantitative estimate of drug-likeness (QED) is 0.568. The molecule has 0 saturated carbocycles. The minimum Gasteiger partial charge on any atom is -0.380 e. The van der Waals surface area contributed by atoms with Crippen LogP contribution in [0.3, 0.4) is 0 Å². The lowest BCUT2D eigenvalue weighted by molar-refractivity contribution is 0.121. The number of halogens is 4. The molecule has 1 aromatic carbocycles. The van der Waals surface area contributed by atoms with Crippen molar-refractivity contribution in [2.24, 2.45) is 0 Å². The van der Waals surface area contributed by atoms with E-state index in [0.717, 1.165) is 13.0 Å². The second-order valence-corrected chi connectivity index (χ2v) is 6.33. The minimum atomic E-state index is -0.537. The zero-order valence-corrected chi connectivity index (χ0v) is 14.1. The van der Waals surface area contributed by atoms with Crippen molar-refractivity contribution in [1.82, 2.24) is 9.97 Å². The number of hydrogen-bond donors (Lipinski definition) is 0. The van der Waals surface area contributed by atoms with Gasteiger partial charge in [-0.1, -0.05) is 11.6 Å². The van der Waals surface area contributed by atoms with E-state index >= 15 is 0 Å². The molecule has 3 rings (SSSR count). The predicted molar refractivity (Wildman–Crippen MR) is 84.8 cm³/mol. The van der Waals surface area contributed by atoms with E-state index in [1.165, 1.54) is 0 Å². The number of methoxy groups -OCH3 is 1. The number of anilines is 1. The zero-order valence-electron chi connectivity index (χ0n) is 11.0. The van der Waals surface area contributed by atoms with Gasteiger partial charge in [-0.2, -0.15) is 4.98 Å². The first-order chi connectivity index (χ1) is 10.0. The maximum atomic E-state index is 14.3. The average Bonchev–Trinajstić information content (AvgIpc) is 2.94. The molecule has 1 aliphatic heterocycles. The molecule has 0 N–H and O–H groups in total. The number of hydrogen-bond acceptors (Lipinski definition) is 4. The van der Waals surface area contributed by atoms with Gasteiger partial charge in [0.15, 0.2) is 5.82 Å². The van der Waals surface area contributed by atoms with Crippen molar-refractivity contribution in [2.75, 3.05) is 25.1 Å². The normalized spacial score (nSPS) is 18.7. The van der Waals surface area contributed by atoms with Crippen molar-refractivity contribution in [1.29, 1.82) is 0 Å². The van der Waals surface area contributed by atoms with Crippen molar-refractivity contribution in [3.05, 3.63) is 26.7 Å². The van der Waals surface area contributed by atoms with Gasteiger partial charge in [0.05, 0.1) is 15.6 Å².